The number of rotatable bonds is 4. The monoisotopic (exact) mass is 256 g/mol. The lowest BCUT2D eigenvalue weighted by Crippen LogP contribution is -2.15. The zero-order chi connectivity index (χ0) is 14.4. The number of nitriles is 2. The molecule has 0 fully saturated rings. The second-order valence-corrected chi connectivity index (χ2v) is 4.12. The highest BCUT2D eigenvalue weighted by Crippen LogP contribution is 2.12. The summed E-state index contributed by atoms with van der Waals surface area (Å²) >= 11 is 0. The SMILES string of the molecule is CC(C)OC(=O)CC(=O)c1ccc(C#N)c(C#N)c1. The molecule has 0 aliphatic carbocycles. The number of Topliss-reactive ketones (excluding diaryl/α,β-unsaturated/α-hetero) is 1. The minimum atomic E-state index is -0.608. The van der Waals surface area contributed by atoms with Crippen LogP contribution >= 0.6 is 0 Å². The van der Waals surface area contributed by atoms with Gasteiger partial charge in [0.05, 0.1) is 17.2 Å². The highest BCUT2D eigenvalue weighted by atomic mass is 16.5. The topological polar surface area (TPSA) is 90.9 Å². The van der Waals surface area contributed by atoms with E-state index in [1.165, 1.54) is 18.2 Å². The molecule has 0 radical (unpaired) electrons. The Morgan fingerprint density at radius 2 is 1.84 bits per heavy atom. The molecule has 96 valence electrons. The number of hydrogen-bond acceptors (Lipinski definition) is 5. The van der Waals surface area contributed by atoms with E-state index < -0.39 is 11.8 Å². The standard InChI is InChI=1S/C14H12N2O3/c1-9(2)19-14(18)6-13(17)10-3-4-11(7-15)12(5-10)8-16/h3-5,9H,6H2,1-2H3. The van der Waals surface area contributed by atoms with E-state index in [1.807, 2.05) is 12.1 Å². The van der Waals surface area contributed by atoms with Crippen LogP contribution in [0.2, 0.25) is 0 Å². The molecule has 0 heterocycles. The van der Waals surface area contributed by atoms with Gasteiger partial charge in [-0.3, -0.25) is 9.59 Å². The minimum absolute atomic E-state index is 0.116. The third-order valence-corrected chi connectivity index (χ3v) is 2.25. The Hall–Kier alpha value is -2.66. The second kappa shape index (κ2) is 6.32. The van der Waals surface area contributed by atoms with Crippen molar-refractivity contribution >= 4 is 11.8 Å². The molecule has 0 unspecified atom stereocenters. The minimum Gasteiger partial charge on any atom is -0.463 e. The molecule has 0 atom stereocenters. The smallest absolute Gasteiger partial charge is 0.313 e. The lowest BCUT2D eigenvalue weighted by Gasteiger charge is -2.07. The molecule has 0 bridgehead atoms. The number of esters is 1. The van der Waals surface area contributed by atoms with Crippen molar-refractivity contribution in [2.45, 2.75) is 26.4 Å². The van der Waals surface area contributed by atoms with Crippen LogP contribution < -0.4 is 0 Å². The first-order valence-corrected chi connectivity index (χ1v) is 5.65. The van der Waals surface area contributed by atoms with Crippen LogP contribution in [-0.2, 0) is 9.53 Å². The van der Waals surface area contributed by atoms with Gasteiger partial charge < -0.3 is 4.74 Å². The van der Waals surface area contributed by atoms with Crippen molar-refractivity contribution in [1.82, 2.24) is 0 Å². The molecular weight excluding hydrogens is 244 g/mol. The van der Waals surface area contributed by atoms with E-state index in [-0.39, 0.29) is 29.2 Å². The molecular formula is C14H12N2O3. The van der Waals surface area contributed by atoms with Crippen molar-refractivity contribution in [3.63, 3.8) is 0 Å². The highest BCUT2D eigenvalue weighted by Gasteiger charge is 2.15. The molecule has 0 saturated heterocycles. The lowest BCUT2D eigenvalue weighted by atomic mass is 10.0. The Bertz CT molecular complexity index is 592. The van der Waals surface area contributed by atoms with Crippen LogP contribution in [0.15, 0.2) is 18.2 Å². The van der Waals surface area contributed by atoms with E-state index in [1.54, 1.807) is 13.8 Å². The van der Waals surface area contributed by atoms with Gasteiger partial charge >= 0.3 is 5.97 Å². The Balaban J connectivity index is 2.88. The summed E-state index contributed by atoms with van der Waals surface area (Å²) in [5, 5.41) is 17.6. The predicted octanol–water partition coefficient (Wildman–Crippen LogP) is 1.95. The van der Waals surface area contributed by atoms with Gasteiger partial charge in [0.2, 0.25) is 0 Å². The maximum absolute atomic E-state index is 11.8. The molecule has 0 aliphatic heterocycles. The van der Waals surface area contributed by atoms with Crippen molar-refractivity contribution in [3.8, 4) is 12.1 Å². The Morgan fingerprint density at radius 1 is 1.21 bits per heavy atom. The third-order valence-electron chi connectivity index (χ3n) is 2.25. The average molecular weight is 256 g/mol. The van der Waals surface area contributed by atoms with Gasteiger partial charge in [-0.05, 0) is 32.0 Å². The number of hydrogen-bond donors (Lipinski definition) is 0. The molecule has 0 aromatic heterocycles. The zero-order valence-electron chi connectivity index (χ0n) is 10.6. The van der Waals surface area contributed by atoms with Crippen LogP contribution in [0, 0.1) is 22.7 Å². The quantitative estimate of drug-likeness (QED) is 0.466. The summed E-state index contributed by atoms with van der Waals surface area (Å²) in [5.74, 6) is -1.05. The van der Waals surface area contributed by atoms with Gasteiger partial charge in [0, 0.05) is 5.56 Å². The molecule has 0 aliphatic rings. The molecule has 1 rings (SSSR count). The summed E-state index contributed by atoms with van der Waals surface area (Å²) < 4.78 is 4.87. The van der Waals surface area contributed by atoms with Crippen LogP contribution in [0.1, 0.15) is 41.8 Å². The van der Waals surface area contributed by atoms with Crippen LogP contribution in [-0.4, -0.2) is 17.9 Å². The first-order valence-electron chi connectivity index (χ1n) is 5.65. The van der Waals surface area contributed by atoms with E-state index in [0.717, 1.165) is 0 Å². The number of ketones is 1. The van der Waals surface area contributed by atoms with E-state index in [0.29, 0.717) is 0 Å². The van der Waals surface area contributed by atoms with Gasteiger partial charge in [-0.1, -0.05) is 0 Å². The molecule has 0 amide bonds. The number of carbonyl (C=O) groups is 2. The van der Waals surface area contributed by atoms with Crippen molar-refractivity contribution in [3.05, 3.63) is 34.9 Å². The van der Waals surface area contributed by atoms with E-state index in [2.05, 4.69) is 0 Å². The fourth-order valence-corrected chi connectivity index (χ4v) is 1.45. The molecule has 19 heavy (non-hydrogen) atoms. The van der Waals surface area contributed by atoms with Crippen molar-refractivity contribution in [2.75, 3.05) is 0 Å². The molecule has 5 nitrogen and oxygen atoms in total. The maximum Gasteiger partial charge on any atom is 0.313 e. The summed E-state index contributed by atoms with van der Waals surface area (Å²) in [6.07, 6.45) is -0.662. The highest BCUT2D eigenvalue weighted by molar-refractivity contribution is 6.06. The van der Waals surface area contributed by atoms with E-state index in [9.17, 15) is 9.59 Å². The molecule has 0 saturated carbocycles. The van der Waals surface area contributed by atoms with Crippen molar-refractivity contribution in [1.29, 1.82) is 10.5 Å². The average Bonchev–Trinajstić information content (AvgIpc) is 2.36. The molecule has 5 heteroatoms. The van der Waals surface area contributed by atoms with Gasteiger partial charge in [0.25, 0.3) is 0 Å². The molecule has 0 N–H and O–H groups in total. The summed E-state index contributed by atoms with van der Waals surface area (Å²) in [4.78, 5) is 23.2. The first-order chi connectivity index (χ1) is 8.97. The fraction of sp³-hybridized carbons (Fsp3) is 0.286. The maximum atomic E-state index is 11.8. The van der Waals surface area contributed by atoms with Crippen molar-refractivity contribution < 1.29 is 14.3 Å². The molecule has 1 aromatic rings. The molecule has 1 aromatic carbocycles. The van der Waals surface area contributed by atoms with Gasteiger partial charge in [-0.25, -0.2) is 0 Å². The lowest BCUT2D eigenvalue weighted by molar-refractivity contribution is -0.146. The number of ether oxygens (including phenoxy) is 1. The number of nitrogens with zero attached hydrogens (tertiary/aromatic N) is 2. The van der Waals surface area contributed by atoms with Crippen LogP contribution in [0.3, 0.4) is 0 Å². The van der Waals surface area contributed by atoms with Crippen LogP contribution in [0.5, 0.6) is 0 Å². The zero-order valence-corrected chi connectivity index (χ0v) is 10.6. The predicted molar refractivity (Wildman–Crippen MR) is 66.0 cm³/mol. The summed E-state index contributed by atoms with van der Waals surface area (Å²) in [6.45, 7) is 3.38. The Labute approximate surface area is 111 Å². The fourth-order valence-electron chi connectivity index (χ4n) is 1.45. The Morgan fingerprint density at radius 3 is 2.37 bits per heavy atom. The van der Waals surface area contributed by atoms with Gasteiger partial charge in [0.1, 0.15) is 18.6 Å². The van der Waals surface area contributed by atoms with Crippen molar-refractivity contribution in [2.24, 2.45) is 0 Å². The normalized spacial score (nSPS) is 9.53. The first kappa shape index (κ1) is 14.4. The summed E-state index contributed by atoms with van der Waals surface area (Å²) in [5.41, 5.74) is 0.533. The van der Waals surface area contributed by atoms with Gasteiger partial charge in [-0.2, -0.15) is 10.5 Å². The largest absolute Gasteiger partial charge is 0.463 e. The number of carbonyl (C=O) groups excluding carboxylic acids is 2. The third kappa shape index (κ3) is 3.93. The summed E-state index contributed by atoms with van der Waals surface area (Å²) in [6, 6.07) is 7.81. The number of benzene rings is 1. The Kier molecular flexibility index (Phi) is 4.79. The van der Waals surface area contributed by atoms with E-state index in [4.69, 9.17) is 15.3 Å². The van der Waals surface area contributed by atoms with Gasteiger partial charge in [-0.15, -0.1) is 0 Å². The van der Waals surface area contributed by atoms with Gasteiger partial charge in [0.15, 0.2) is 5.78 Å². The van der Waals surface area contributed by atoms with Crippen LogP contribution in [0.4, 0.5) is 0 Å². The van der Waals surface area contributed by atoms with Crippen LogP contribution in [0.25, 0.3) is 0 Å². The van der Waals surface area contributed by atoms with E-state index >= 15 is 0 Å². The molecule has 0 spiro atoms. The summed E-state index contributed by atoms with van der Waals surface area (Å²) in [7, 11) is 0. The second-order valence-electron chi connectivity index (χ2n) is 4.12.